The Hall–Kier alpha value is -1.79. The monoisotopic (exact) mass is 504 g/mol. The molecule has 0 spiro atoms. The van der Waals surface area contributed by atoms with Crippen LogP contribution < -0.4 is 5.32 Å². The van der Waals surface area contributed by atoms with Gasteiger partial charge in [-0.2, -0.15) is 0 Å². The molecule has 0 saturated carbocycles. The van der Waals surface area contributed by atoms with Crippen LogP contribution >= 0.6 is 27.7 Å². The minimum atomic E-state index is -0.472. The van der Waals surface area contributed by atoms with Crippen LogP contribution in [-0.4, -0.2) is 35.1 Å². The van der Waals surface area contributed by atoms with Crippen molar-refractivity contribution in [3.8, 4) is 0 Å². The largest absolute Gasteiger partial charge is 0.354 e. The summed E-state index contributed by atoms with van der Waals surface area (Å²) in [7, 11) is 0. The lowest BCUT2D eigenvalue weighted by Gasteiger charge is -2.31. The Bertz CT molecular complexity index is 855. The molecule has 6 heteroatoms. The zero-order chi connectivity index (χ0) is 22.8. The third-order valence-corrected chi connectivity index (χ3v) is 6.43. The van der Waals surface area contributed by atoms with Gasteiger partial charge in [-0.25, -0.2) is 0 Å². The lowest BCUT2D eigenvalue weighted by molar-refractivity contribution is -0.139. The smallest absolute Gasteiger partial charge is 0.242 e. The first-order valence-electron chi connectivity index (χ1n) is 10.7. The highest BCUT2D eigenvalue weighted by atomic mass is 79.9. The molecule has 1 N–H and O–H groups in total. The number of amides is 2. The molecule has 168 valence electrons. The van der Waals surface area contributed by atoms with Crippen molar-refractivity contribution >= 4 is 39.5 Å². The van der Waals surface area contributed by atoms with Crippen LogP contribution in [0.3, 0.4) is 0 Å². The molecule has 0 aliphatic rings. The van der Waals surface area contributed by atoms with Crippen molar-refractivity contribution in [3.63, 3.8) is 0 Å². The van der Waals surface area contributed by atoms with E-state index in [-0.39, 0.29) is 11.8 Å². The van der Waals surface area contributed by atoms with E-state index in [4.69, 9.17) is 0 Å². The van der Waals surface area contributed by atoms with E-state index in [0.29, 0.717) is 31.2 Å². The van der Waals surface area contributed by atoms with Gasteiger partial charge in [-0.15, -0.1) is 11.8 Å². The van der Waals surface area contributed by atoms with Crippen molar-refractivity contribution in [2.75, 3.05) is 12.3 Å². The summed E-state index contributed by atoms with van der Waals surface area (Å²) in [6, 6.07) is 15.8. The minimum absolute atomic E-state index is 0.00448. The Morgan fingerprint density at radius 3 is 2.42 bits per heavy atom. The summed E-state index contributed by atoms with van der Waals surface area (Å²) in [5.41, 5.74) is 3.36. The molecule has 1 atom stereocenters. The topological polar surface area (TPSA) is 49.4 Å². The highest BCUT2D eigenvalue weighted by molar-refractivity contribution is 9.10. The molecule has 0 aliphatic heterocycles. The fourth-order valence-electron chi connectivity index (χ4n) is 3.27. The lowest BCUT2D eigenvalue weighted by atomic mass is 10.1. The first kappa shape index (κ1) is 25.5. The number of benzene rings is 2. The van der Waals surface area contributed by atoms with Crippen LogP contribution in [0.1, 0.15) is 43.9 Å². The molecule has 0 radical (unpaired) electrons. The van der Waals surface area contributed by atoms with E-state index in [9.17, 15) is 9.59 Å². The Kier molecular flexibility index (Phi) is 10.6. The molecule has 2 rings (SSSR count). The minimum Gasteiger partial charge on any atom is -0.354 e. The predicted molar refractivity (Wildman–Crippen MR) is 134 cm³/mol. The molecule has 2 aromatic carbocycles. The van der Waals surface area contributed by atoms with E-state index in [1.165, 1.54) is 5.56 Å². The predicted octanol–water partition coefficient (Wildman–Crippen LogP) is 5.57. The van der Waals surface area contributed by atoms with Gasteiger partial charge < -0.3 is 10.2 Å². The number of nitrogens with zero attached hydrogens (tertiary/aromatic N) is 1. The van der Waals surface area contributed by atoms with E-state index in [0.717, 1.165) is 21.4 Å². The number of nitrogens with one attached hydrogen (secondary N) is 1. The number of halogens is 1. The molecule has 0 heterocycles. The molecule has 0 bridgehead atoms. The average molecular weight is 506 g/mol. The maximum Gasteiger partial charge on any atom is 0.242 e. The highest BCUT2D eigenvalue weighted by Crippen LogP contribution is 2.19. The maximum absolute atomic E-state index is 13.2. The van der Waals surface area contributed by atoms with Crippen LogP contribution in [0.2, 0.25) is 0 Å². The number of hydrogen-bond donors (Lipinski definition) is 1. The molecule has 0 aliphatic carbocycles. The van der Waals surface area contributed by atoms with E-state index >= 15 is 0 Å². The molecule has 0 aromatic heterocycles. The number of carbonyl (C=O) groups is 2. The fraction of sp³-hybridized carbons (Fsp3) is 0.440. The molecular formula is C25H33BrN2O2S. The normalized spacial score (nSPS) is 11.9. The van der Waals surface area contributed by atoms with E-state index in [1.54, 1.807) is 16.7 Å². The molecule has 0 fully saturated rings. The third-order valence-electron chi connectivity index (χ3n) is 4.91. The third kappa shape index (κ3) is 8.69. The van der Waals surface area contributed by atoms with Crippen LogP contribution in [0.5, 0.6) is 0 Å². The standard InChI is InChI=1S/C25H33BrN2O2S/c1-5-23(25(30)27-14-18(2)3)28(15-21-8-6-7-19(4)13-21)24(29)17-31-16-20-9-11-22(26)12-10-20/h6-13,18,23H,5,14-17H2,1-4H3,(H,27,30)/t23-/m1/s1. The van der Waals surface area contributed by atoms with Crippen LogP contribution in [-0.2, 0) is 21.9 Å². The number of aryl methyl sites for hydroxylation is 1. The van der Waals surface area contributed by atoms with Gasteiger partial charge in [-0.1, -0.05) is 78.7 Å². The summed E-state index contributed by atoms with van der Waals surface area (Å²) in [6.45, 7) is 9.18. The van der Waals surface area contributed by atoms with Crippen LogP contribution in [0.15, 0.2) is 53.0 Å². The first-order valence-corrected chi connectivity index (χ1v) is 12.7. The SMILES string of the molecule is CC[C@H](C(=O)NCC(C)C)N(Cc1cccc(C)c1)C(=O)CSCc1ccc(Br)cc1. The molecule has 0 unspecified atom stereocenters. The van der Waals surface area contributed by atoms with Crippen LogP contribution in [0.4, 0.5) is 0 Å². The quantitative estimate of drug-likeness (QED) is 0.435. The summed E-state index contributed by atoms with van der Waals surface area (Å²) in [5, 5.41) is 3.01. The second-order valence-corrected chi connectivity index (χ2v) is 10.1. The van der Waals surface area contributed by atoms with E-state index in [2.05, 4.69) is 53.3 Å². The maximum atomic E-state index is 13.2. The van der Waals surface area contributed by atoms with Crippen LogP contribution in [0, 0.1) is 12.8 Å². The second kappa shape index (κ2) is 12.9. The molecule has 0 saturated heterocycles. The van der Waals surface area contributed by atoms with Gasteiger partial charge in [0.25, 0.3) is 0 Å². The Labute approximate surface area is 199 Å². The van der Waals surface area contributed by atoms with Gasteiger partial charge in [0, 0.05) is 23.3 Å². The van der Waals surface area contributed by atoms with Gasteiger partial charge in [-0.05, 0) is 42.5 Å². The zero-order valence-electron chi connectivity index (χ0n) is 18.9. The number of carbonyl (C=O) groups excluding carboxylic acids is 2. The van der Waals surface area contributed by atoms with Crippen molar-refractivity contribution in [1.29, 1.82) is 0 Å². The number of hydrogen-bond acceptors (Lipinski definition) is 3. The van der Waals surface area contributed by atoms with Crippen molar-refractivity contribution in [1.82, 2.24) is 10.2 Å². The van der Waals surface area contributed by atoms with Crippen molar-refractivity contribution in [2.45, 2.75) is 52.5 Å². The van der Waals surface area contributed by atoms with Gasteiger partial charge in [0.15, 0.2) is 0 Å². The summed E-state index contributed by atoms with van der Waals surface area (Å²) >= 11 is 5.03. The number of rotatable bonds is 11. The van der Waals surface area contributed by atoms with Crippen molar-refractivity contribution < 1.29 is 9.59 Å². The van der Waals surface area contributed by atoms with Gasteiger partial charge in [0.2, 0.25) is 11.8 Å². The summed E-state index contributed by atoms with van der Waals surface area (Å²) in [6.07, 6.45) is 0.582. The van der Waals surface area contributed by atoms with E-state index in [1.807, 2.05) is 44.2 Å². The van der Waals surface area contributed by atoms with Crippen molar-refractivity contribution in [3.05, 3.63) is 69.7 Å². The first-order chi connectivity index (χ1) is 14.8. The zero-order valence-corrected chi connectivity index (χ0v) is 21.3. The highest BCUT2D eigenvalue weighted by Gasteiger charge is 2.28. The Balaban J connectivity index is 2.11. The molecule has 4 nitrogen and oxygen atoms in total. The van der Waals surface area contributed by atoms with Gasteiger partial charge >= 0.3 is 0 Å². The molecule has 2 amide bonds. The summed E-state index contributed by atoms with van der Waals surface area (Å²) in [4.78, 5) is 27.9. The van der Waals surface area contributed by atoms with Gasteiger partial charge in [-0.3, -0.25) is 9.59 Å². The van der Waals surface area contributed by atoms with Crippen LogP contribution in [0.25, 0.3) is 0 Å². The lowest BCUT2D eigenvalue weighted by Crippen LogP contribution is -2.50. The van der Waals surface area contributed by atoms with Gasteiger partial charge in [0.05, 0.1) is 5.75 Å². The fourth-order valence-corrected chi connectivity index (χ4v) is 4.40. The summed E-state index contributed by atoms with van der Waals surface area (Å²) in [5.74, 6) is 1.39. The Morgan fingerprint density at radius 1 is 1.10 bits per heavy atom. The molecular weight excluding hydrogens is 472 g/mol. The second-order valence-electron chi connectivity index (χ2n) is 8.19. The molecule has 2 aromatic rings. The van der Waals surface area contributed by atoms with E-state index < -0.39 is 6.04 Å². The van der Waals surface area contributed by atoms with Gasteiger partial charge in [0.1, 0.15) is 6.04 Å². The Morgan fingerprint density at radius 2 is 1.81 bits per heavy atom. The van der Waals surface area contributed by atoms with Crippen molar-refractivity contribution in [2.24, 2.45) is 5.92 Å². The molecule has 31 heavy (non-hydrogen) atoms. The average Bonchev–Trinajstić information content (AvgIpc) is 2.73. The summed E-state index contributed by atoms with van der Waals surface area (Å²) < 4.78 is 1.04. The number of thioether (sulfide) groups is 1.